The van der Waals surface area contributed by atoms with Crippen LogP contribution in [-0.4, -0.2) is 42.4 Å². The van der Waals surface area contributed by atoms with E-state index in [2.05, 4.69) is 68.0 Å². The molecule has 8 nitrogen and oxygen atoms in total. The Morgan fingerprint density at radius 3 is 2.59 bits per heavy atom. The van der Waals surface area contributed by atoms with Crippen molar-refractivity contribution in [3.63, 3.8) is 0 Å². The minimum atomic E-state index is -4.21. The third-order valence-electron chi connectivity index (χ3n) is 7.54. The predicted octanol–water partition coefficient (Wildman–Crippen LogP) is 4.89. The van der Waals surface area contributed by atoms with Gasteiger partial charge < -0.3 is 10.2 Å². The van der Waals surface area contributed by atoms with Crippen LogP contribution in [-0.2, 0) is 15.4 Å². The Kier molecular flexibility index (Phi) is 7.14. The van der Waals surface area contributed by atoms with E-state index in [1.807, 2.05) is 12.1 Å². The van der Waals surface area contributed by atoms with Crippen molar-refractivity contribution in [2.24, 2.45) is 11.8 Å². The van der Waals surface area contributed by atoms with E-state index in [4.69, 9.17) is 4.98 Å². The average molecular weight is 526 g/mol. The fraction of sp³-hybridized carbons (Fsp3) is 0.536. The Morgan fingerprint density at radius 2 is 1.92 bits per heavy atom. The number of pyridine rings is 2. The lowest BCUT2D eigenvalue weighted by molar-refractivity contribution is 0.0981. The van der Waals surface area contributed by atoms with Gasteiger partial charge in [0.1, 0.15) is 11.6 Å². The van der Waals surface area contributed by atoms with E-state index in [1.54, 1.807) is 18.2 Å². The van der Waals surface area contributed by atoms with E-state index in [0.717, 1.165) is 31.5 Å². The maximum atomic E-state index is 13.5. The molecule has 1 amide bonds. The zero-order valence-electron chi connectivity index (χ0n) is 22.7. The minimum Gasteiger partial charge on any atom is -0.367 e. The summed E-state index contributed by atoms with van der Waals surface area (Å²) >= 11 is 0. The number of nitrogens with one attached hydrogen (secondary N) is 2. The SMILES string of the molecule is C=CCC1C[C@H](C)[C@@H]2CN(c3nc(C(C)(C)C)ccc3C(=O)NS(=O)(=O)c3cccc(n3)N1)C(C)(C)C2. The monoisotopic (exact) mass is 525 g/mol. The second kappa shape index (κ2) is 9.74. The molecule has 1 unspecified atom stereocenters. The minimum absolute atomic E-state index is 0.0488. The number of carbonyl (C=O) groups is 1. The summed E-state index contributed by atoms with van der Waals surface area (Å²) in [5.41, 5.74) is 0.586. The van der Waals surface area contributed by atoms with Gasteiger partial charge in [0.15, 0.2) is 5.03 Å². The second-order valence-corrected chi connectivity index (χ2v) is 13.7. The van der Waals surface area contributed by atoms with Gasteiger partial charge in [-0.25, -0.2) is 14.7 Å². The number of anilines is 2. The quantitative estimate of drug-likeness (QED) is 0.538. The van der Waals surface area contributed by atoms with Crippen molar-refractivity contribution >= 4 is 27.6 Å². The summed E-state index contributed by atoms with van der Waals surface area (Å²) in [6, 6.07) is 8.32. The van der Waals surface area contributed by atoms with Gasteiger partial charge in [-0.3, -0.25) is 4.79 Å². The summed E-state index contributed by atoms with van der Waals surface area (Å²) in [5, 5.41) is 3.19. The maximum Gasteiger partial charge on any atom is 0.281 e. The number of sulfonamides is 1. The average Bonchev–Trinajstić information content (AvgIpc) is 3.12. The molecule has 4 rings (SSSR count). The Morgan fingerprint density at radius 1 is 1.19 bits per heavy atom. The second-order valence-electron chi connectivity index (χ2n) is 12.1. The third kappa shape index (κ3) is 5.66. The first-order valence-electron chi connectivity index (χ1n) is 12.9. The van der Waals surface area contributed by atoms with E-state index in [1.165, 1.54) is 6.07 Å². The number of hydrogen-bond donors (Lipinski definition) is 2. The summed E-state index contributed by atoms with van der Waals surface area (Å²) in [6.45, 7) is 17.5. The van der Waals surface area contributed by atoms with Crippen LogP contribution in [0.5, 0.6) is 0 Å². The zero-order valence-corrected chi connectivity index (χ0v) is 23.5. The molecule has 0 radical (unpaired) electrons. The van der Waals surface area contributed by atoms with Gasteiger partial charge in [0.25, 0.3) is 15.9 Å². The lowest BCUT2D eigenvalue weighted by Gasteiger charge is -2.34. The first-order valence-corrected chi connectivity index (χ1v) is 14.4. The van der Waals surface area contributed by atoms with Gasteiger partial charge in [0, 0.05) is 29.2 Å². The van der Waals surface area contributed by atoms with E-state index in [9.17, 15) is 13.2 Å². The van der Waals surface area contributed by atoms with E-state index in [0.29, 0.717) is 23.5 Å². The van der Waals surface area contributed by atoms with Gasteiger partial charge in [0.2, 0.25) is 0 Å². The molecule has 0 saturated carbocycles. The van der Waals surface area contributed by atoms with Crippen LogP contribution in [0.15, 0.2) is 48.0 Å². The highest BCUT2D eigenvalue weighted by atomic mass is 32.2. The molecule has 4 heterocycles. The van der Waals surface area contributed by atoms with Crippen molar-refractivity contribution in [3.05, 3.63) is 54.2 Å². The van der Waals surface area contributed by atoms with E-state index in [-0.39, 0.29) is 27.6 Å². The van der Waals surface area contributed by atoms with Gasteiger partial charge in [-0.2, -0.15) is 8.42 Å². The highest BCUT2D eigenvalue weighted by Gasteiger charge is 2.43. The molecule has 37 heavy (non-hydrogen) atoms. The zero-order chi connectivity index (χ0) is 27.2. The molecule has 0 spiro atoms. The Balaban J connectivity index is 1.88. The third-order valence-corrected chi connectivity index (χ3v) is 8.78. The number of fused-ring (bicyclic) bond motifs is 6. The molecule has 4 bridgehead atoms. The topological polar surface area (TPSA) is 104 Å². The van der Waals surface area contributed by atoms with Crippen molar-refractivity contribution in [2.75, 3.05) is 16.8 Å². The standard InChI is InChI=1S/C28H39N5O3S/c1-8-10-20-15-18(2)19-16-28(6,7)33(17-19)25-21(13-14-22(30-25)27(3,4)5)26(34)32-37(35,36)24-12-9-11-23(29-20)31-24/h8-9,11-14,18-20H,1,10,15-17H2,2-7H3,(H,29,31)(H,32,34)/t18-,19-,20?/m0/s1. The largest absolute Gasteiger partial charge is 0.367 e. The number of aromatic nitrogens is 2. The predicted molar refractivity (Wildman–Crippen MR) is 147 cm³/mol. The fourth-order valence-electron chi connectivity index (χ4n) is 5.44. The van der Waals surface area contributed by atoms with Gasteiger partial charge in [0.05, 0.1) is 5.56 Å². The first-order chi connectivity index (χ1) is 17.2. The van der Waals surface area contributed by atoms with Crippen molar-refractivity contribution in [3.8, 4) is 0 Å². The molecule has 3 atom stereocenters. The highest BCUT2D eigenvalue weighted by molar-refractivity contribution is 7.90. The molecule has 2 aromatic rings. The van der Waals surface area contributed by atoms with Crippen molar-refractivity contribution in [2.45, 2.75) is 82.8 Å². The molecule has 2 N–H and O–H groups in total. The van der Waals surface area contributed by atoms with Crippen LogP contribution in [0.1, 0.15) is 76.9 Å². The summed E-state index contributed by atoms with van der Waals surface area (Å²) < 4.78 is 28.7. The van der Waals surface area contributed by atoms with Crippen molar-refractivity contribution in [1.29, 1.82) is 0 Å². The van der Waals surface area contributed by atoms with Crippen molar-refractivity contribution in [1.82, 2.24) is 14.7 Å². The van der Waals surface area contributed by atoms with Gasteiger partial charge in [-0.15, -0.1) is 6.58 Å². The van der Waals surface area contributed by atoms with Gasteiger partial charge in [-0.05, 0) is 69.2 Å². The van der Waals surface area contributed by atoms with Crippen LogP contribution in [0.2, 0.25) is 0 Å². The molecule has 2 aliphatic rings. The molecule has 0 aliphatic carbocycles. The van der Waals surface area contributed by atoms with E-state index >= 15 is 0 Å². The molecule has 1 saturated heterocycles. The smallest absolute Gasteiger partial charge is 0.281 e. The summed E-state index contributed by atoms with van der Waals surface area (Å²) in [7, 11) is -4.21. The number of amides is 1. The van der Waals surface area contributed by atoms with Crippen LogP contribution in [0.25, 0.3) is 0 Å². The first kappa shape index (κ1) is 27.1. The summed E-state index contributed by atoms with van der Waals surface area (Å²) in [4.78, 5) is 25.0. The Bertz CT molecular complexity index is 1300. The summed E-state index contributed by atoms with van der Waals surface area (Å²) in [6.07, 6.45) is 4.40. The van der Waals surface area contributed by atoms with Gasteiger partial charge in [-0.1, -0.05) is 39.8 Å². The number of hydrogen-bond acceptors (Lipinski definition) is 7. The molecule has 2 aromatic heterocycles. The number of rotatable bonds is 2. The van der Waals surface area contributed by atoms with E-state index < -0.39 is 15.9 Å². The van der Waals surface area contributed by atoms with Crippen molar-refractivity contribution < 1.29 is 13.2 Å². The lowest BCUT2D eigenvalue weighted by Crippen LogP contribution is -2.41. The Hall–Kier alpha value is -2.94. The molecule has 0 aromatic carbocycles. The fourth-order valence-corrected chi connectivity index (χ4v) is 6.38. The number of nitrogens with zero attached hydrogens (tertiary/aromatic N) is 3. The van der Waals surface area contributed by atoms with Crippen LogP contribution < -0.4 is 14.9 Å². The van der Waals surface area contributed by atoms with Crippen LogP contribution in [0, 0.1) is 11.8 Å². The van der Waals surface area contributed by atoms with Crippen LogP contribution in [0.3, 0.4) is 0 Å². The normalized spacial score (nSPS) is 25.2. The molecule has 1 fully saturated rings. The molecule has 200 valence electrons. The molecule has 9 heteroatoms. The van der Waals surface area contributed by atoms with Crippen LogP contribution in [0.4, 0.5) is 11.6 Å². The summed E-state index contributed by atoms with van der Waals surface area (Å²) in [5.74, 6) is 0.997. The van der Waals surface area contributed by atoms with Gasteiger partial charge >= 0.3 is 0 Å². The van der Waals surface area contributed by atoms with Crippen LogP contribution >= 0.6 is 0 Å². The molecule has 2 aliphatic heterocycles. The number of carbonyl (C=O) groups excluding carboxylic acids is 1. The Labute approximate surface area is 221 Å². The highest BCUT2D eigenvalue weighted by Crippen LogP contribution is 2.42. The lowest BCUT2D eigenvalue weighted by atomic mass is 9.83. The molecular formula is C28H39N5O3S. The molecular weight excluding hydrogens is 486 g/mol. The maximum absolute atomic E-state index is 13.5.